The van der Waals surface area contributed by atoms with Crippen molar-refractivity contribution < 1.29 is 26.3 Å². The van der Waals surface area contributed by atoms with Crippen LogP contribution in [0.25, 0.3) is 0 Å². The predicted molar refractivity (Wildman–Crippen MR) is 62.1 cm³/mol. The molecule has 1 aromatic heterocycles. The summed E-state index contributed by atoms with van der Waals surface area (Å²) < 4.78 is 1.88. The number of benzene rings is 1. The summed E-state index contributed by atoms with van der Waals surface area (Å²) in [7, 11) is 0. The van der Waals surface area contributed by atoms with Crippen LogP contribution in [0, 0.1) is 6.92 Å². The third kappa shape index (κ3) is 3.49. The molecular formula is C14H14BrNO. The molecule has 2 aromatic rings. The highest BCUT2D eigenvalue weighted by molar-refractivity contribution is 5.96. The van der Waals surface area contributed by atoms with Crippen molar-refractivity contribution >= 4 is 5.78 Å². The standard InChI is InChI=1S/C14H14NO.BrH/c1-12-7-3-4-8-13(12)14(16)11-15-9-5-2-6-10-15;/h2-10H,11H2,1H3;1H/q+1;/p-1. The van der Waals surface area contributed by atoms with E-state index in [9.17, 15) is 4.79 Å². The van der Waals surface area contributed by atoms with Crippen LogP contribution in [0.5, 0.6) is 0 Å². The van der Waals surface area contributed by atoms with Crippen molar-refractivity contribution in [3.05, 3.63) is 66.0 Å². The maximum absolute atomic E-state index is 12.0. The number of hydrogen-bond acceptors (Lipinski definition) is 1. The number of rotatable bonds is 3. The summed E-state index contributed by atoms with van der Waals surface area (Å²) in [6, 6.07) is 13.5. The molecule has 0 N–H and O–H groups in total. The highest BCUT2D eigenvalue weighted by Gasteiger charge is 2.12. The molecule has 2 rings (SSSR count). The minimum absolute atomic E-state index is 0. The lowest BCUT2D eigenvalue weighted by Crippen LogP contribution is -3.00. The van der Waals surface area contributed by atoms with E-state index in [0.717, 1.165) is 11.1 Å². The number of aromatic nitrogens is 1. The van der Waals surface area contributed by atoms with Gasteiger partial charge in [-0.2, -0.15) is 4.57 Å². The number of carbonyl (C=O) groups excluding carboxylic acids is 1. The Morgan fingerprint density at radius 3 is 2.35 bits per heavy atom. The Hall–Kier alpha value is -1.48. The number of Topliss-reactive ketones (excluding diaryl/α,β-unsaturated/α-hetero) is 1. The molecule has 88 valence electrons. The first-order chi connectivity index (χ1) is 7.77. The van der Waals surface area contributed by atoms with E-state index < -0.39 is 0 Å². The van der Waals surface area contributed by atoms with Gasteiger partial charge in [-0.05, 0) is 12.5 Å². The Bertz CT molecular complexity index is 497. The Balaban J connectivity index is 0.00000144. The lowest BCUT2D eigenvalue weighted by atomic mass is 10.1. The predicted octanol–water partition coefficient (Wildman–Crippen LogP) is -0.831. The van der Waals surface area contributed by atoms with Crippen molar-refractivity contribution in [2.75, 3.05) is 0 Å². The number of carbonyl (C=O) groups is 1. The first-order valence-electron chi connectivity index (χ1n) is 5.30. The van der Waals surface area contributed by atoms with Crippen molar-refractivity contribution in [1.82, 2.24) is 0 Å². The zero-order valence-electron chi connectivity index (χ0n) is 9.64. The van der Waals surface area contributed by atoms with Gasteiger partial charge in [0.1, 0.15) is 0 Å². The van der Waals surface area contributed by atoms with Crippen LogP contribution in [-0.4, -0.2) is 5.78 Å². The van der Waals surface area contributed by atoms with Crippen molar-refractivity contribution in [3.63, 3.8) is 0 Å². The number of aryl methyl sites for hydroxylation is 1. The molecule has 0 atom stereocenters. The number of nitrogens with zero attached hydrogens (tertiary/aromatic N) is 1. The molecule has 0 aliphatic carbocycles. The molecule has 0 spiro atoms. The molecule has 3 heteroatoms. The molecule has 0 fully saturated rings. The average molecular weight is 292 g/mol. The minimum atomic E-state index is 0. The maximum atomic E-state index is 12.0. The van der Waals surface area contributed by atoms with Crippen LogP contribution >= 0.6 is 0 Å². The Labute approximate surface area is 112 Å². The van der Waals surface area contributed by atoms with E-state index in [1.54, 1.807) is 0 Å². The van der Waals surface area contributed by atoms with E-state index >= 15 is 0 Å². The van der Waals surface area contributed by atoms with Crippen molar-refractivity contribution in [3.8, 4) is 0 Å². The topological polar surface area (TPSA) is 20.9 Å². The van der Waals surface area contributed by atoms with Crippen molar-refractivity contribution in [1.29, 1.82) is 0 Å². The first kappa shape index (κ1) is 13.6. The summed E-state index contributed by atoms with van der Waals surface area (Å²) in [5.74, 6) is 0.148. The fraction of sp³-hybridized carbons (Fsp3) is 0.143. The van der Waals surface area contributed by atoms with Crippen LogP contribution in [0.4, 0.5) is 0 Å². The summed E-state index contributed by atoms with van der Waals surface area (Å²) in [5.41, 5.74) is 1.84. The van der Waals surface area contributed by atoms with Gasteiger partial charge in [0.15, 0.2) is 12.4 Å². The third-order valence-corrected chi connectivity index (χ3v) is 2.55. The summed E-state index contributed by atoms with van der Waals surface area (Å²) >= 11 is 0. The second-order valence-corrected chi connectivity index (χ2v) is 3.79. The Morgan fingerprint density at radius 1 is 1.06 bits per heavy atom. The third-order valence-electron chi connectivity index (χ3n) is 2.55. The highest BCUT2D eigenvalue weighted by atomic mass is 79.9. The van der Waals surface area contributed by atoms with Gasteiger partial charge in [0, 0.05) is 17.7 Å². The van der Waals surface area contributed by atoms with Gasteiger partial charge in [0.2, 0.25) is 12.3 Å². The van der Waals surface area contributed by atoms with Crippen LogP contribution in [-0.2, 0) is 6.54 Å². The fourth-order valence-electron chi connectivity index (χ4n) is 1.68. The molecule has 0 bridgehead atoms. The molecule has 0 radical (unpaired) electrons. The van der Waals surface area contributed by atoms with E-state index in [4.69, 9.17) is 0 Å². The van der Waals surface area contributed by atoms with Gasteiger partial charge < -0.3 is 17.0 Å². The van der Waals surface area contributed by atoms with Gasteiger partial charge >= 0.3 is 0 Å². The van der Waals surface area contributed by atoms with Crippen molar-refractivity contribution in [2.24, 2.45) is 0 Å². The van der Waals surface area contributed by atoms with Gasteiger partial charge in [-0.25, -0.2) is 0 Å². The minimum Gasteiger partial charge on any atom is -1.00 e. The van der Waals surface area contributed by atoms with Crippen LogP contribution < -0.4 is 21.5 Å². The Morgan fingerprint density at radius 2 is 1.71 bits per heavy atom. The van der Waals surface area contributed by atoms with Gasteiger partial charge in [0.05, 0.1) is 0 Å². The molecule has 0 unspecified atom stereocenters. The molecule has 0 amide bonds. The zero-order chi connectivity index (χ0) is 11.4. The molecule has 0 aliphatic rings. The number of ketones is 1. The molecular weight excluding hydrogens is 278 g/mol. The fourth-order valence-corrected chi connectivity index (χ4v) is 1.68. The molecule has 0 saturated carbocycles. The SMILES string of the molecule is Cc1ccccc1C(=O)C[n+]1ccccc1.[Br-]. The van der Waals surface area contributed by atoms with Gasteiger partial charge in [-0.3, -0.25) is 4.79 Å². The molecule has 17 heavy (non-hydrogen) atoms. The number of pyridine rings is 1. The normalized spacial score (nSPS) is 9.47. The average Bonchev–Trinajstić information content (AvgIpc) is 2.31. The van der Waals surface area contributed by atoms with Crippen LogP contribution in [0.3, 0.4) is 0 Å². The maximum Gasteiger partial charge on any atom is 0.227 e. The van der Waals surface area contributed by atoms with Crippen LogP contribution in [0.1, 0.15) is 15.9 Å². The molecule has 1 heterocycles. The summed E-state index contributed by atoms with van der Waals surface area (Å²) in [6.07, 6.45) is 3.80. The lowest BCUT2D eigenvalue weighted by Gasteiger charge is -2.01. The first-order valence-corrected chi connectivity index (χ1v) is 5.30. The quantitative estimate of drug-likeness (QED) is 0.534. The highest BCUT2D eigenvalue weighted by Crippen LogP contribution is 2.07. The molecule has 1 aromatic carbocycles. The van der Waals surface area contributed by atoms with E-state index in [1.165, 1.54) is 0 Å². The van der Waals surface area contributed by atoms with E-state index in [-0.39, 0.29) is 22.8 Å². The zero-order valence-corrected chi connectivity index (χ0v) is 11.2. The summed E-state index contributed by atoms with van der Waals surface area (Å²) in [6.45, 7) is 2.36. The van der Waals surface area contributed by atoms with Gasteiger partial charge in [-0.15, -0.1) is 0 Å². The summed E-state index contributed by atoms with van der Waals surface area (Å²) in [4.78, 5) is 12.0. The second-order valence-electron chi connectivity index (χ2n) is 3.79. The number of halogens is 1. The van der Waals surface area contributed by atoms with Crippen LogP contribution in [0.2, 0.25) is 0 Å². The second kappa shape index (κ2) is 6.30. The summed E-state index contributed by atoms with van der Waals surface area (Å²) in [5, 5.41) is 0. The molecule has 0 aliphatic heterocycles. The van der Waals surface area contributed by atoms with E-state index in [1.807, 2.05) is 66.3 Å². The molecule has 0 saturated heterocycles. The monoisotopic (exact) mass is 291 g/mol. The van der Waals surface area contributed by atoms with Gasteiger partial charge in [0.25, 0.3) is 0 Å². The number of hydrogen-bond donors (Lipinski definition) is 0. The largest absolute Gasteiger partial charge is 1.00 e. The van der Waals surface area contributed by atoms with E-state index in [0.29, 0.717) is 6.54 Å². The Kier molecular flexibility index (Phi) is 5.04. The van der Waals surface area contributed by atoms with Crippen LogP contribution in [0.15, 0.2) is 54.9 Å². The van der Waals surface area contributed by atoms with Gasteiger partial charge in [-0.1, -0.05) is 30.3 Å². The molecule has 2 nitrogen and oxygen atoms in total. The van der Waals surface area contributed by atoms with E-state index in [2.05, 4.69) is 0 Å². The smallest absolute Gasteiger partial charge is 0.227 e. The lowest BCUT2D eigenvalue weighted by molar-refractivity contribution is -0.683. The van der Waals surface area contributed by atoms with Crippen molar-refractivity contribution in [2.45, 2.75) is 13.5 Å².